The molecule has 0 fully saturated rings. The average molecular weight is 343 g/mol. The van der Waals surface area contributed by atoms with E-state index in [0.29, 0.717) is 12.4 Å². The van der Waals surface area contributed by atoms with Gasteiger partial charge in [-0.15, -0.1) is 11.3 Å². The van der Waals surface area contributed by atoms with Crippen molar-refractivity contribution < 1.29 is 10.2 Å². The van der Waals surface area contributed by atoms with Crippen LogP contribution in [0.15, 0.2) is 41.8 Å². The Kier molecular flexibility index (Phi) is 4.80. The number of benzene rings is 1. The quantitative estimate of drug-likeness (QED) is 0.720. The Morgan fingerprint density at radius 2 is 1.83 bits per heavy atom. The van der Waals surface area contributed by atoms with Crippen molar-refractivity contribution in [3.05, 3.63) is 41.8 Å². The van der Waals surface area contributed by atoms with Crippen LogP contribution in [0.25, 0.3) is 21.6 Å². The molecular weight excluding hydrogens is 322 g/mol. The van der Waals surface area contributed by atoms with Gasteiger partial charge in [-0.1, -0.05) is 25.1 Å². The van der Waals surface area contributed by atoms with Crippen molar-refractivity contribution in [1.29, 1.82) is 0 Å². The summed E-state index contributed by atoms with van der Waals surface area (Å²) in [6, 6.07) is 11.9. The summed E-state index contributed by atoms with van der Waals surface area (Å²) in [6.45, 7) is 2.17. The van der Waals surface area contributed by atoms with E-state index in [1.807, 2.05) is 60.6 Å². The number of anilines is 1. The van der Waals surface area contributed by atoms with Gasteiger partial charge in [0.2, 0.25) is 0 Å². The molecule has 0 aliphatic rings. The third kappa shape index (κ3) is 3.26. The largest absolute Gasteiger partial charge is 0.396 e. The second kappa shape index (κ2) is 6.84. The Morgan fingerprint density at radius 1 is 1.08 bits per heavy atom. The fourth-order valence-corrected chi connectivity index (χ4v) is 3.32. The zero-order valence-corrected chi connectivity index (χ0v) is 14.6. The van der Waals surface area contributed by atoms with Crippen LogP contribution in [0.5, 0.6) is 0 Å². The highest BCUT2D eigenvalue weighted by Crippen LogP contribution is 2.30. The van der Waals surface area contributed by atoms with Gasteiger partial charge in [-0.05, 0) is 23.6 Å². The number of aliphatic hydroxyl groups excluding tert-OH is 2. The number of para-hydroxylation sites is 1. The molecule has 2 aromatic heterocycles. The maximum Gasteiger partial charge on any atom is 0.172 e. The molecule has 126 valence electrons. The smallest absolute Gasteiger partial charge is 0.172 e. The third-order valence-electron chi connectivity index (χ3n) is 4.07. The molecule has 0 spiro atoms. The van der Waals surface area contributed by atoms with Gasteiger partial charge < -0.3 is 15.1 Å². The van der Waals surface area contributed by atoms with Gasteiger partial charge >= 0.3 is 0 Å². The Labute approximate surface area is 145 Å². The van der Waals surface area contributed by atoms with Crippen molar-refractivity contribution in [2.75, 3.05) is 31.7 Å². The predicted octanol–water partition coefficient (Wildman–Crippen LogP) is 2.79. The Balaban J connectivity index is 2.08. The minimum Gasteiger partial charge on any atom is -0.396 e. The van der Waals surface area contributed by atoms with Crippen LogP contribution in [0.2, 0.25) is 0 Å². The van der Waals surface area contributed by atoms with Gasteiger partial charge in [-0.2, -0.15) is 0 Å². The molecule has 5 nitrogen and oxygen atoms in total. The van der Waals surface area contributed by atoms with Crippen molar-refractivity contribution in [3.8, 4) is 10.7 Å². The second-order valence-corrected chi connectivity index (χ2v) is 7.30. The molecule has 1 aromatic carbocycles. The zero-order valence-electron chi connectivity index (χ0n) is 13.8. The van der Waals surface area contributed by atoms with Gasteiger partial charge in [0.25, 0.3) is 0 Å². The first-order chi connectivity index (χ1) is 11.6. The highest BCUT2D eigenvalue weighted by atomic mass is 32.1. The summed E-state index contributed by atoms with van der Waals surface area (Å²) in [6.07, 6.45) is 0. The Hall–Kier alpha value is -2.02. The molecule has 24 heavy (non-hydrogen) atoms. The molecule has 6 heteroatoms. The van der Waals surface area contributed by atoms with Crippen LogP contribution in [-0.2, 0) is 0 Å². The second-order valence-electron chi connectivity index (χ2n) is 6.35. The number of thiophene rings is 1. The summed E-state index contributed by atoms with van der Waals surface area (Å²) in [5, 5.41) is 22.1. The summed E-state index contributed by atoms with van der Waals surface area (Å²) in [5.41, 5.74) is 0.289. The van der Waals surface area contributed by atoms with Crippen molar-refractivity contribution in [2.45, 2.75) is 6.92 Å². The van der Waals surface area contributed by atoms with Crippen LogP contribution in [-0.4, -0.2) is 47.0 Å². The van der Waals surface area contributed by atoms with Crippen molar-refractivity contribution in [1.82, 2.24) is 9.97 Å². The monoisotopic (exact) mass is 343 g/mol. The van der Waals surface area contributed by atoms with Crippen molar-refractivity contribution in [3.63, 3.8) is 0 Å². The summed E-state index contributed by atoms with van der Waals surface area (Å²) < 4.78 is 0. The maximum absolute atomic E-state index is 9.58. The number of aliphatic hydroxyl groups is 2. The minimum absolute atomic E-state index is 0.0887. The van der Waals surface area contributed by atoms with E-state index in [0.717, 1.165) is 21.6 Å². The molecule has 0 saturated carbocycles. The molecule has 0 bridgehead atoms. The number of fused-ring (bicyclic) bond motifs is 1. The van der Waals surface area contributed by atoms with Gasteiger partial charge in [-0.25, -0.2) is 9.97 Å². The molecule has 0 aliphatic carbocycles. The molecule has 3 aromatic rings. The molecule has 0 radical (unpaired) electrons. The summed E-state index contributed by atoms with van der Waals surface area (Å²) in [4.78, 5) is 12.4. The van der Waals surface area contributed by atoms with E-state index in [1.165, 1.54) is 0 Å². The molecule has 0 atom stereocenters. The topological polar surface area (TPSA) is 69.5 Å². The maximum atomic E-state index is 9.58. The van der Waals surface area contributed by atoms with Crippen LogP contribution >= 0.6 is 11.3 Å². The zero-order chi connectivity index (χ0) is 17.2. The van der Waals surface area contributed by atoms with Crippen LogP contribution < -0.4 is 4.90 Å². The first-order valence-electron chi connectivity index (χ1n) is 7.80. The van der Waals surface area contributed by atoms with Crippen LogP contribution in [0.1, 0.15) is 6.92 Å². The van der Waals surface area contributed by atoms with Gasteiger partial charge in [0.1, 0.15) is 5.82 Å². The SMILES string of the molecule is CN(CC(C)(CO)CO)c1nc(-c2cccs2)nc2ccccc12. The first kappa shape index (κ1) is 16.8. The van der Waals surface area contributed by atoms with Crippen molar-refractivity contribution >= 4 is 28.1 Å². The molecule has 0 saturated heterocycles. The molecule has 2 heterocycles. The van der Waals surface area contributed by atoms with E-state index in [1.54, 1.807) is 11.3 Å². The van der Waals surface area contributed by atoms with Crippen LogP contribution in [0, 0.1) is 5.41 Å². The standard InChI is InChI=1S/C18H21N3O2S/c1-18(11-22,12-23)10-21(2)17-13-6-3-4-7-14(13)19-16(20-17)15-8-5-9-24-15/h3-9,22-23H,10-12H2,1-2H3. The summed E-state index contributed by atoms with van der Waals surface area (Å²) in [5.74, 6) is 1.50. The number of nitrogens with zero attached hydrogens (tertiary/aromatic N) is 3. The molecule has 2 N–H and O–H groups in total. The van der Waals surface area contributed by atoms with E-state index < -0.39 is 5.41 Å². The fourth-order valence-electron chi connectivity index (χ4n) is 2.66. The van der Waals surface area contributed by atoms with E-state index in [4.69, 9.17) is 4.98 Å². The van der Waals surface area contributed by atoms with Gasteiger partial charge in [0.05, 0.1) is 23.6 Å². The Bertz CT molecular complexity index is 816. The van der Waals surface area contributed by atoms with Crippen molar-refractivity contribution in [2.24, 2.45) is 5.41 Å². The number of rotatable bonds is 6. The van der Waals surface area contributed by atoms with E-state index in [2.05, 4.69) is 4.98 Å². The lowest BCUT2D eigenvalue weighted by Gasteiger charge is -2.31. The molecule has 0 amide bonds. The molecule has 0 aliphatic heterocycles. The highest BCUT2D eigenvalue weighted by molar-refractivity contribution is 7.13. The normalized spacial score (nSPS) is 11.8. The number of hydrogen-bond acceptors (Lipinski definition) is 6. The van der Waals surface area contributed by atoms with Crippen LogP contribution in [0.4, 0.5) is 5.82 Å². The summed E-state index contributed by atoms with van der Waals surface area (Å²) in [7, 11) is 1.93. The van der Waals surface area contributed by atoms with E-state index in [9.17, 15) is 10.2 Å². The lowest BCUT2D eigenvalue weighted by Crippen LogP contribution is -2.39. The Morgan fingerprint density at radius 3 is 2.50 bits per heavy atom. The number of aromatic nitrogens is 2. The van der Waals surface area contributed by atoms with E-state index >= 15 is 0 Å². The molecular formula is C18H21N3O2S. The predicted molar refractivity (Wildman–Crippen MR) is 98.4 cm³/mol. The average Bonchev–Trinajstić information content (AvgIpc) is 3.15. The first-order valence-corrected chi connectivity index (χ1v) is 8.68. The summed E-state index contributed by atoms with van der Waals surface area (Å²) >= 11 is 1.60. The van der Waals surface area contributed by atoms with Crippen LogP contribution in [0.3, 0.4) is 0 Å². The lowest BCUT2D eigenvalue weighted by atomic mass is 9.92. The highest BCUT2D eigenvalue weighted by Gasteiger charge is 2.26. The minimum atomic E-state index is -0.593. The van der Waals surface area contributed by atoms with Gasteiger partial charge in [-0.3, -0.25) is 0 Å². The van der Waals surface area contributed by atoms with E-state index in [-0.39, 0.29) is 13.2 Å². The molecule has 0 unspecified atom stereocenters. The number of hydrogen-bond donors (Lipinski definition) is 2. The van der Waals surface area contributed by atoms with Gasteiger partial charge in [0.15, 0.2) is 5.82 Å². The third-order valence-corrected chi connectivity index (χ3v) is 4.93. The molecule has 3 rings (SSSR count). The lowest BCUT2D eigenvalue weighted by molar-refractivity contribution is 0.0762. The fraction of sp³-hybridized carbons (Fsp3) is 0.333. The van der Waals surface area contributed by atoms with Gasteiger partial charge in [0, 0.05) is 24.4 Å².